The molecule has 0 unspecified atom stereocenters. The van der Waals surface area contributed by atoms with Crippen molar-refractivity contribution in [3.8, 4) is 17.2 Å². The van der Waals surface area contributed by atoms with Gasteiger partial charge in [0.1, 0.15) is 17.8 Å². The van der Waals surface area contributed by atoms with Crippen molar-refractivity contribution in [2.24, 2.45) is 0 Å². The molecule has 0 spiro atoms. The Morgan fingerprint density at radius 3 is 2.59 bits per heavy atom. The highest BCUT2D eigenvalue weighted by molar-refractivity contribution is 5.54. The number of aromatic nitrogens is 1. The molecule has 0 saturated carbocycles. The Hall–Kier alpha value is -2.53. The van der Waals surface area contributed by atoms with Gasteiger partial charge in [0.2, 0.25) is 5.89 Å². The summed E-state index contributed by atoms with van der Waals surface area (Å²) < 4.78 is 16.0. The van der Waals surface area contributed by atoms with Crippen LogP contribution in [0.25, 0.3) is 11.5 Å². The molecule has 0 bridgehead atoms. The average Bonchev–Trinajstić information content (AvgIpc) is 3.19. The topological polar surface area (TPSA) is 51.6 Å². The number of nitrogens with zero attached hydrogens (tertiary/aromatic N) is 2. The molecule has 2 heterocycles. The Kier molecular flexibility index (Phi) is 4.25. The van der Waals surface area contributed by atoms with Gasteiger partial charge in [0.15, 0.2) is 0 Å². The van der Waals surface area contributed by atoms with Crippen molar-refractivity contribution in [1.29, 1.82) is 0 Å². The zero-order valence-corrected chi connectivity index (χ0v) is 12.7. The highest BCUT2D eigenvalue weighted by Crippen LogP contribution is 2.22. The number of methoxy groups -OCH3 is 1. The lowest BCUT2D eigenvalue weighted by molar-refractivity contribution is 0.284. The molecule has 0 aliphatic carbocycles. The van der Waals surface area contributed by atoms with Crippen LogP contribution in [-0.4, -0.2) is 24.0 Å². The second-order valence-electron chi connectivity index (χ2n) is 5.12. The Labute approximate surface area is 129 Å². The van der Waals surface area contributed by atoms with Gasteiger partial charge < -0.3 is 13.6 Å². The smallest absolute Gasteiger partial charge is 0.226 e. The van der Waals surface area contributed by atoms with Gasteiger partial charge >= 0.3 is 0 Å². The third-order valence-electron chi connectivity index (χ3n) is 3.33. The van der Waals surface area contributed by atoms with Gasteiger partial charge in [-0.25, -0.2) is 4.98 Å². The third-order valence-corrected chi connectivity index (χ3v) is 3.33. The molecule has 0 atom stereocenters. The van der Waals surface area contributed by atoms with Crippen LogP contribution in [0.3, 0.4) is 0 Å². The minimum Gasteiger partial charge on any atom is -0.497 e. The molecular formula is C17H18N2O3. The van der Waals surface area contributed by atoms with E-state index in [9.17, 15) is 0 Å². The molecule has 0 amide bonds. The van der Waals surface area contributed by atoms with Crippen LogP contribution in [0.2, 0.25) is 0 Å². The molecule has 5 nitrogen and oxygen atoms in total. The van der Waals surface area contributed by atoms with Gasteiger partial charge in [0.05, 0.1) is 25.6 Å². The van der Waals surface area contributed by atoms with Crippen LogP contribution in [0.15, 0.2) is 57.8 Å². The molecule has 3 aromatic rings. The summed E-state index contributed by atoms with van der Waals surface area (Å²) in [6.45, 7) is 1.43. The molecule has 1 aromatic carbocycles. The molecule has 0 aliphatic rings. The van der Waals surface area contributed by atoms with E-state index in [1.165, 1.54) is 0 Å². The predicted octanol–water partition coefficient (Wildman–Crippen LogP) is 3.58. The van der Waals surface area contributed by atoms with Gasteiger partial charge in [-0.15, -0.1) is 0 Å². The van der Waals surface area contributed by atoms with Gasteiger partial charge in [0, 0.05) is 12.1 Å². The summed E-state index contributed by atoms with van der Waals surface area (Å²) in [7, 11) is 3.66. The van der Waals surface area contributed by atoms with Gasteiger partial charge in [0.25, 0.3) is 0 Å². The van der Waals surface area contributed by atoms with E-state index in [2.05, 4.69) is 9.88 Å². The highest BCUT2D eigenvalue weighted by atomic mass is 16.5. The van der Waals surface area contributed by atoms with Crippen molar-refractivity contribution in [2.45, 2.75) is 13.1 Å². The van der Waals surface area contributed by atoms with Crippen LogP contribution >= 0.6 is 0 Å². The van der Waals surface area contributed by atoms with Crippen molar-refractivity contribution >= 4 is 0 Å². The molecular weight excluding hydrogens is 280 g/mol. The van der Waals surface area contributed by atoms with Crippen molar-refractivity contribution in [3.63, 3.8) is 0 Å². The van der Waals surface area contributed by atoms with E-state index in [4.69, 9.17) is 13.6 Å². The quantitative estimate of drug-likeness (QED) is 0.696. The van der Waals surface area contributed by atoms with Crippen LogP contribution in [0.1, 0.15) is 11.5 Å². The van der Waals surface area contributed by atoms with Crippen LogP contribution in [-0.2, 0) is 13.1 Å². The Morgan fingerprint density at radius 1 is 1.09 bits per heavy atom. The normalized spacial score (nSPS) is 11.0. The summed E-state index contributed by atoms with van der Waals surface area (Å²) in [5.74, 6) is 2.36. The van der Waals surface area contributed by atoms with Crippen molar-refractivity contribution in [1.82, 2.24) is 9.88 Å². The molecule has 5 heteroatoms. The summed E-state index contributed by atoms with van der Waals surface area (Å²) in [5.41, 5.74) is 1.82. The molecule has 0 aliphatic heterocycles. The van der Waals surface area contributed by atoms with E-state index in [1.54, 1.807) is 19.6 Å². The first kappa shape index (κ1) is 14.4. The largest absolute Gasteiger partial charge is 0.497 e. The van der Waals surface area contributed by atoms with Gasteiger partial charge in [-0.1, -0.05) is 0 Å². The third kappa shape index (κ3) is 3.38. The van der Waals surface area contributed by atoms with E-state index in [0.29, 0.717) is 12.4 Å². The number of oxazole rings is 1. The second kappa shape index (κ2) is 6.49. The van der Waals surface area contributed by atoms with Gasteiger partial charge in [-0.3, -0.25) is 4.90 Å². The summed E-state index contributed by atoms with van der Waals surface area (Å²) >= 11 is 0. The second-order valence-corrected chi connectivity index (χ2v) is 5.12. The minimum absolute atomic E-state index is 0.615. The lowest BCUT2D eigenvalue weighted by atomic mass is 10.2. The molecule has 114 valence electrons. The fourth-order valence-corrected chi connectivity index (χ4v) is 2.25. The van der Waals surface area contributed by atoms with E-state index >= 15 is 0 Å². The monoisotopic (exact) mass is 298 g/mol. The number of ether oxygens (including phenoxy) is 1. The lowest BCUT2D eigenvalue weighted by Crippen LogP contribution is -2.17. The fraction of sp³-hybridized carbons (Fsp3) is 0.235. The minimum atomic E-state index is 0.615. The van der Waals surface area contributed by atoms with E-state index in [1.807, 2.05) is 43.4 Å². The van der Waals surface area contributed by atoms with E-state index in [0.717, 1.165) is 29.3 Å². The predicted molar refractivity (Wildman–Crippen MR) is 82.4 cm³/mol. The fourth-order valence-electron chi connectivity index (χ4n) is 2.25. The molecule has 3 rings (SSSR count). The number of hydrogen-bond acceptors (Lipinski definition) is 5. The highest BCUT2D eigenvalue weighted by Gasteiger charge is 2.10. The van der Waals surface area contributed by atoms with Crippen LogP contribution in [0.4, 0.5) is 0 Å². The van der Waals surface area contributed by atoms with Crippen molar-refractivity contribution in [3.05, 3.63) is 60.4 Å². The molecule has 2 aromatic heterocycles. The number of benzene rings is 1. The number of rotatable bonds is 6. The maximum atomic E-state index is 5.56. The van der Waals surface area contributed by atoms with Gasteiger partial charge in [-0.2, -0.15) is 0 Å². The first-order valence-corrected chi connectivity index (χ1v) is 7.04. The van der Waals surface area contributed by atoms with Crippen molar-refractivity contribution < 1.29 is 13.6 Å². The first-order valence-electron chi connectivity index (χ1n) is 7.04. The van der Waals surface area contributed by atoms with Crippen molar-refractivity contribution in [2.75, 3.05) is 14.2 Å². The average molecular weight is 298 g/mol. The summed E-state index contributed by atoms with van der Waals surface area (Å²) in [6.07, 6.45) is 3.37. The van der Waals surface area contributed by atoms with Crippen LogP contribution < -0.4 is 4.74 Å². The van der Waals surface area contributed by atoms with Crippen LogP contribution in [0, 0.1) is 0 Å². The Morgan fingerprint density at radius 2 is 1.91 bits per heavy atom. The molecule has 0 N–H and O–H groups in total. The number of hydrogen-bond donors (Lipinski definition) is 0. The SMILES string of the molecule is COc1ccc(-c2nc(CN(C)Cc3ccco3)co2)cc1. The standard InChI is InChI=1S/C17H18N2O3/c1-19(11-16-4-3-9-21-16)10-14-12-22-17(18-14)13-5-7-15(20-2)8-6-13/h3-9,12H,10-11H2,1-2H3. The Bertz CT molecular complexity index is 702. The lowest BCUT2D eigenvalue weighted by Gasteiger charge is -2.12. The summed E-state index contributed by atoms with van der Waals surface area (Å²) in [5, 5.41) is 0. The Balaban J connectivity index is 1.65. The van der Waals surface area contributed by atoms with E-state index < -0.39 is 0 Å². The molecule has 22 heavy (non-hydrogen) atoms. The number of furan rings is 1. The first-order chi connectivity index (χ1) is 10.7. The maximum Gasteiger partial charge on any atom is 0.226 e. The van der Waals surface area contributed by atoms with E-state index in [-0.39, 0.29) is 0 Å². The zero-order chi connectivity index (χ0) is 15.4. The van der Waals surface area contributed by atoms with Gasteiger partial charge in [-0.05, 0) is 43.4 Å². The molecule has 0 radical (unpaired) electrons. The van der Waals surface area contributed by atoms with Crippen LogP contribution in [0.5, 0.6) is 5.75 Å². The summed E-state index contributed by atoms with van der Waals surface area (Å²) in [4.78, 5) is 6.65. The molecule has 0 saturated heterocycles. The summed E-state index contributed by atoms with van der Waals surface area (Å²) in [6, 6.07) is 11.5. The maximum absolute atomic E-state index is 5.56. The zero-order valence-electron chi connectivity index (χ0n) is 12.7. The molecule has 0 fully saturated rings.